The Bertz CT molecular complexity index is 1280. The SMILES string of the molecule is CCCCCC(c1ccc(Br)cc1)(c1ccc(Br)cc1)n1c2ccccc2c2ccccc21. The van der Waals surface area contributed by atoms with Crippen molar-refractivity contribution in [2.45, 2.75) is 38.1 Å². The van der Waals surface area contributed by atoms with Gasteiger partial charge in [0.1, 0.15) is 0 Å². The first-order chi connectivity index (χ1) is 16.1. The van der Waals surface area contributed by atoms with Crippen LogP contribution in [-0.2, 0) is 5.54 Å². The molecule has 5 rings (SSSR count). The summed E-state index contributed by atoms with van der Waals surface area (Å²) in [5, 5.41) is 2.62. The number of para-hydroxylation sites is 2. The Morgan fingerprint density at radius 1 is 0.606 bits per heavy atom. The van der Waals surface area contributed by atoms with Gasteiger partial charge >= 0.3 is 0 Å². The third-order valence-corrected chi connectivity index (χ3v) is 7.80. The number of fused-ring (bicyclic) bond motifs is 3. The van der Waals surface area contributed by atoms with E-state index in [-0.39, 0.29) is 5.54 Å². The van der Waals surface area contributed by atoms with Crippen LogP contribution in [0.15, 0.2) is 106 Å². The molecule has 0 amide bonds. The number of halogens is 2. The Hall–Kier alpha value is -2.36. The van der Waals surface area contributed by atoms with Crippen molar-refractivity contribution in [1.29, 1.82) is 0 Å². The van der Waals surface area contributed by atoms with Crippen LogP contribution < -0.4 is 0 Å². The summed E-state index contributed by atoms with van der Waals surface area (Å²) in [6, 6.07) is 35.6. The van der Waals surface area contributed by atoms with Crippen LogP contribution in [0.3, 0.4) is 0 Å². The highest BCUT2D eigenvalue weighted by Gasteiger charge is 2.38. The van der Waals surface area contributed by atoms with Gasteiger partial charge in [0.15, 0.2) is 0 Å². The highest BCUT2D eigenvalue weighted by molar-refractivity contribution is 9.10. The van der Waals surface area contributed by atoms with Crippen molar-refractivity contribution >= 4 is 53.7 Å². The van der Waals surface area contributed by atoms with Crippen molar-refractivity contribution in [2.75, 3.05) is 0 Å². The normalized spacial score (nSPS) is 12.0. The zero-order valence-corrected chi connectivity index (χ0v) is 21.9. The monoisotopic (exact) mass is 559 g/mol. The van der Waals surface area contributed by atoms with Gasteiger partial charge < -0.3 is 4.57 Å². The molecule has 0 radical (unpaired) electrons. The predicted molar refractivity (Wildman–Crippen MR) is 148 cm³/mol. The number of hydrogen-bond donors (Lipinski definition) is 0. The fourth-order valence-electron chi connectivity index (χ4n) is 5.24. The molecule has 33 heavy (non-hydrogen) atoms. The molecule has 0 atom stereocenters. The Morgan fingerprint density at radius 3 is 1.52 bits per heavy atom. The van der Waals surface area contributed by atoms with Crippen LogP contribution in [0, 0.1) is 0 Å². The van der Waals surface area contributed by atoms with Crippen molar-refractivity contribution in [3.63, 3.8) is 0 Å². The number of rotatable bonds is 7. The second-order valence-corrected chi connectivity index (χ2v) is 10.5. The Balaban J connectivity index is 1.93. The highest BCUT2D eigenvalue weighted by Crippen LogP contribution is 2.45. The fraction of sp³-hybridized carbons (Fsp3) is 0.200. The van der Waals surface area contributed by atoms with Gasteiger partial charge in [-0.15, -0.1) is 0 Å². The highest BCUT2D eigenvalue weighted by atomic mass is 79.9. The Kier molecular flexibility index (Phi) is 6.44. The molecule has 5 aromatic rings. The van der Waals surface area contributed by atoms with Gasteiger partial charge in [-0.05, 0) is 53.9 Å². The lowest BCUT2D eigenvalue weighted by Crippen LogP contribution is -2.36. The molecule has 0 aliphatic carbocycles. The summed E-state index contributed by atoms with van der Waals surface area (Å²) in [7, 11) is 0. The van der Waals surface area contributed by atoms with E-state index in [4.69, 9.17) is 0 Å². The van der Waals surface area contributed by atoms with Crippen LogP contribution >= 0.6 is 31.9 Å². The van der Waals surface area contributed by atoms with Gasteiger partial charge in [-0.3, -0.25) is 0 Å². The molecule has 0 bridgehead atoms. The molecule has 1 heterocycles. The average Bonchev–Trinajstić information content (AvgIpc) is 3.18. The van der Waals surface area contributed by atoms with Gasteiger partial charge in [-0.2, -0.15) is 0 Å². The third kappa shape index (κ3) is 3.96. The summed E-state index contributed by atoms with van der Waals surface area (Å²) < 4.78 is 4.82. The maximum Gasteiger partial charge on any atom is 0.0955 e. The fourth-order valence-corrected chi connectivity index (χ4v) is 5.77. The molecular formula is C30H27Br2N. The Morgan fingerprint density at radius 2 is 1.06 bits per heavy atom. The standard InChI is InChI=1S/C30H27Br2N/c1-2-3-8-21-30(22-13-17-24(31)18-14-22,23-15-19-25(32)20-16-23)33-28-11-6-4-9-26(28)27-10-5-7-12-29(27)33/h4-7,9-20H,2-3,8,21H2,1H3. The average molecular weight is 561 g/mol. The van der Waals surface area contributed by atoms with Crippen LogP contribution in [0.1, 0.15) is 43.7 Å². The van der Waals surface area contributed by atoms with Gasteiger partial charge in [0.2, 0.25) is 0 Å². The lowest BCUT2D eigenvalue weighted by molar-refractivity contribution is 0.400. The van der Waals surface area contributed by atoms with E-state index in [1.165, 1.54) is 45.8 Å². The quantitative estimate of drug-likeness (QED) is 0.174. The van der Waals surface area contributed by atoms with Gasteiger partial charge in [0.25, 0.3) is 0 Å². The smallest absolute Gasteiger partial charge is 0.0955 e. The molecule has 0 N–H and O–H groups in total. The molecule has 1 aromatic heterocycles. The van der Waals surface area contributed by atoms with Gasteiger partial charge in [-0.25, -0.2) is 0 Å². The van der Waals surface area contributed by atoms with E-state index in [2.05, 4.69) is 140 Å². The molecule has 0 aliphatic heterocycles. The molecular weight excluding hydrogens is 534 g/mol. The lowest BCUT2D eigenvalue weighted by Gasteiger charge is -2.39. The minimum absolute atomic E-state index is 0.320. The number of nitrogens with zero attached hydrogens (tertiary/aromatic N) is 1. The van der Waals surface area contributed by atoms with E-state index < -0.39 is 0 Å². The molecule has 166 valence electrons. The van der Waals surface area contributed by atoms with Crippen LogP contribution in [0.4, 0.5) is 0 Å². The van der Waals surface area contributed by atoms with Crippen molar-refractivity contribution in [3.8, 4) is 0 Å². The predicted octanol–water partition coefficient (Wildman–Crippen LogP) is 9.69. The maximum absolute atomic E-state index is 3.66. The van der Waals surface area contributed by atoms with E-state index >= 15 is 0 Å². The molecule has 3 heteroatoms. The largest absolute Gasteiger partial charge is 0.326 e. The molecule has 0 saturated heterocycles. The van der Waals surface area contributed by atoms with Crippen molar-refractivity contribution in [1.82, 2.24) is 4.57 Å². The number of unbranched alkanes of at least 4 members (excludes halogenated alkanes) is 2. The molecule has 1 nitrogen and oxygen atoms in total. The molecule has 0 aliphatic rings. The van der Waals surface area contributed by atoms with Crippen LogP contribution in [0.5, 0.6) is 0 Å². The zero-order valence-electron chi connectivity index (χ0n) is 18.8. The van der Waals surface area contributed by atoms with Gasteiger partial charge in [0.05, 0.1) is 16.6 Å². The van der Waals surface area contributed by atoms with Gasteiger partial charge in [-0.1, -0.05) is 119 Å². The molecule has 0 spiro atoms. The second-order valence-electron chi connectivity index (χ2n) is 8.70. The minimum Gasteiger partial charge on any atom is -0.326 e. The maximum atomic E-state index is 3.66. The molecule has 4 aromatic carbocycles. The topological polar surface area (TPSA) is 4.93 Å². The van der Waals surface area contributed by atoms with Crippen LogP contribution in [0.25, 0.3) is 21.8 Å². The number of benzene rings is 4. The Labute approximate surface area is 212 Å². The van der Waals surface area contributed by atoms with E-state index in [1.807, 2.05) is 0 Å². The first-order valence-electron chi connectivity index (χ1n) is 11.7. The molecule has 0 fully saturated rings. The minimum atomic E-state index is -0.320. The summed E-state index contributed by atoms with van der Waals surface area (Å²) in [5.41, 5.74) is 4.87. The van der Waals surface area contributed by atoms with E-state index in [0.29, 0.717) is 0 Å². The number of aromatic nitrogens is 1. The van der Waals surface area contributed by atoms with Crippen molar-refractivity contribution in [2.24, 2.45) is 0 Å². The second kappa shape index (κ2) is 9.48. The summed E-state index contributed by atoms with van der Waals surface area (Å²) in [4.78, 5) is 0. The van der Waals surface area contributed by atoms with E-state index in [9.17, 15) is 0 Å². The molecule has 0 unspecified atom stereocenters. The summed E-state index contributed by atoms with van der Waals surface area (Å²) in [5.74, 6) is 0. The van der Waals surface area contributed by atoms with E-state index in [0.717, 1.165) is 21.8 Å². The van der Waals surface area contributed by atoms with Gasteiger partial charge in [0, 0.05) is 19.7 Å². The lowest BCUT2D eigenvalue weighted by atomic mass is 9.78. The van der Waals surface area contributed by atoms with E-state index in [1.54, 1.807) is 0 Å². The van der Waals surface area contributed by atoms with Crippen molar-refractivity contribution in [3.05, 3.63) is 117 Å². The summed E-state index contributed by atoms with van der Waals surface area (Å²) in [6.45, 7) is 2.28. The summed E-state index contributed by atoms with van der Waals surface area (Å²) >= 11 is 7.31. The molecule has 0 saturated carbocycles. The number of hydrogen-bond acceptors (Lipinski definition) is 0. The first kappa shape index (κ1) is 22.4. The van der Waals surface area contributed by atoms with Crippen LogP contribution in [0.2, 0.25) is 0 Å². The van der Waals surface area contributed by atoms with Crippen LogP contribution in [-0.4, -0.2) is 4.57 Å². The van der Waals surface area contributed by atoms with Crippen molar-refractivity contribution < 1.29 is 0 Å². The zero-order chi connectivity index (χ0) is 22.8. The third-order valence-electron chi connectivity index (χ3n) is 6.75. The summed E-state index contributed by atoms with van der Waals surface area (Å²) in [6.07, 6.45) is 4.60. The first-order valence-corrected chi connectivity index (χ1v) is 13.2.